The van der Waals surface area contributed by atoms with Gasteiger partial charge in [-0.05, 0) is 57.9 Å². The van der Waals surface area contributed by atoms with Crippen LogP contribution in [0.1, 0.15) is 21.6 Å². The summed E-state index contributed by atoms with van der Waals surface area (Å²) >= 11 is 9.32. The van der Waals surface area contributed by atoms with Crippen LogP contribution < -0.4 is 4.74 Å². The Bertz CT molecular complexity index is 904. The average molecular weight is 449 g/mol. The summed E-state index contributed by atoms with van der Waals surface area (Å²) in [6, 6.07) is 14.7. The fourth-order valence-electron chi connectivity index (χ4n) is 2.57. The molecule has 7 heteroatoms. The number of benzene rings is 2. The zero-order valence-corrected chi connectivity index (χ0v) is 17.4. The summed E-state index contributed by atoms with van der Waals surface area (Å²) in [7, 11) is 3.63. The van der Waals surface area contributed by atoms with E-state index in [0.29, 0.717) is 23.7 Å². The normalized spacial score (nSPS) is 10.7. The van der Waals surface area contributed by atoms with Crippen LogP contribution in [0.3, 0.4) is 0 Å². The Hall–Kier alpha value is -2.31. The maximum atomic E-state index is 12.7. The standard InChI is InChI=1S/C20H19BrClN3O2/c1-24(12-19-18(21)11-23-25(19)2)20(26)15-5-3-14(4-6-15)13-27-17-9-7-16(22)8-10-17/h3-11H,12-13H2,1-2H3. The molecule has 0 saturated heterocycles. The summed E-state index contributed by atoms with van der Waals surface area (Å²) in [5, 5.41) is 4.85. The maximum Gasteiger partial charge on any atom is 0.253 e. The maximum absolute atomic E-state index is 12.7. The first-order valence-electron chi connectivity index (χ1n) is 8.33. The van der Waals surface area contributed by atoms with Crippen LogP contribution in [0.2, 0.25) is 5.02 Å². The van der Waals surface area contributed by atoms with Crippen LogP contribution in [0, 0.1) is 0 Å². The minimum Gasteiger partial charge on any atom is -0.489 e. The van der Waals surface area contributed by atoms with Crippen molar-refractivity contribution in [2.75, 3.05) is 7.05 Å². The molecule has 1 heterocycles. The second-order valence-corrected chi connectivity index (χ2v) is 7.45. The largest absolute Gasteiger partial charge is 0.489 e. The van der Waals surface area contributed by atoms with Gasteiger partial charge in [0.25, 0.3) is 5.91 Å². The van der Waals surface area contributed by atoms with Crippen LogP contribution >= 0.6 is 27.5 Å². The van der Waals surface area contributed by atoms with Crippen molar-refractivity contribution in [2.45, 2.75) is 13.2 Å². The highest BCUT2D eigenvalue weighted by molar-refractivity contribution is 9.10. The molecule has 1 amide bonds. The lowest BCUT2D eigenvalue weighted by Crippen LogP contribution is -2.27. The lowest BCUT2D eigenvalue weighted by molar-refractivity contribution is 0.0781. The van der Waals surface area contributed by atoms with Crippen molar-refractivity contribution < 1.29 is 9.53 Å². The van der Waals surface area contributed by atoms with Gasteiger partial charge in [0.05, 0.1) is 22.9 Å². The number of aryl methyl sites for hydroxylation is 1. The van der Waals surface area contributed by atoms with E-state index in [0.717, 1.165) is 21.5 Å². The van der Waals surface area contributed by atoms with Crippen molar-refractivity contribution in [2.24, 2.45) is 7.05 Å². The SMILES string of the molecule is CN(Cc1c(Br)cnn1C)C(=O)c1ccc(COc2ccc(Cl)cc2)cc1. The minimum absolute atomic E-state index is 0.0479. The van der Waals surface area contributed by atoms with Gasteiger partial charge < -0.3 is 9.64 Å². The molecule has 0 bridgehead atoms. The Morgan fingerprint density at radius 1 is 1.19 bits per heavy atom. The van der Waals surface area contributed by atoms with Gasteiger partial charge in [0.15, 0.2) is 0 Å². The first-order chi connectivity index (χ1) is 12.9. The molecule has 27 heavy (non-hydrogen) atoms. The monoisotopic (exact) mass is 447 g/mol. The summed E-state index contributed by atoms with van der Waals surface area (Å²) in [5.41, 5.74) is 2.56. The second-order valence-electron chi connectivity index (χ2n) is 6.16. The molecule has 0 aliphatic rings. The van der Waals surface area contributed by atoms with E-state index < -0.39 is 0 Å². The van der Waals surface area contributed by atoms with E-state index >= 15 is 0 Å². The van der Waals surface area contributed by atoms with Crippen molar-refractivity contribution >= 4 is 33.4 Å². The van der Waals surface area contributed by atoms with Crippen molar-refractivity contribution in [3.63, 3.8) is 0 Å². The molecule has 5 nitrogen and oxygen atoms in total. The fraction of sp³-hybridized carbons (Fsp3) is 0.200. The van der Waals surface area contributed by atoms with E-state index in [1.807, 2.05) is 43.4 Å². The highest BCUT2D eigenvalue weighted by atomic mass is 79.9. The molecule has 1 aromatic heterocycles. The quantitative estimate of drug-likeness (QED) is 0.550. The van der Waals surface area contributed by atoms with Gasteiger partial charge in [-0.1, -0.05) is 23.7 Å². The number of aromatic nitrogens is 2. The predicted octanol–water partition coefficient (Wildman–Crippen LogP) is 4.69. The molecular formula is C20H19BrClN3O2. The third-order valence-corrected chi connectivity index (χ3v) is 5.08. The molecule has 3 rings (SSSR count). The number of hydrogen-bond acceptors (Lipinski definition) is 3. The Morgan fingerprint density at radius 3 is 2.44 bits per heavy atom. The van der Waals surface area contributed by atoms with E-state index in [1.165, 1.54) is 0 Å². The lowest BCUT2D eigenvalue weighted by Gasteiger charge is -2.18. The Balaban J connectivity index is 1.60. The van der Waals surface area contributed by atoms with E-state index in [4.69, 9.17) is 16.3 Å². The number of carbonyl (C=O) groups excluding carboxylic acids is 1. The van der Waals surface area contributed by atoms with Gasteiger partial charge in [-0.3, -0.25) is 9.48 Å². The Morgan fingerprint density at radius 2 is 1.85 bits per heavy atom. The highest BCUT2D eigenvalue weighted by Gasteiger charge is 2.15. The molecule has 3 aromatic rings. The topological polar surface area (TPSA) is 47.4 Å². The number of halogens is 2. The summed E-state index contributed by atoms with van der Waals surface area (Å²) < 4.78 is 8.37. The van der Waals surface area contributed by atoms with Crippen LogP contribution in [-0.2, 0) is 20.2 Å². The molecular weight excluding hydrogens is 430 g/mol. The van der Waals surface area contributed by atoms with Gasteiger partial charge in [-0.15, -0.1) is 0 Å². The van der Waals surface area contributed by atoms with Crippen LogP contribution in [-0.4, -0.2) is 27.6 Å². The minimum atomic E-state index is -0.0479. The van der Waals surface area contributed by atoms with Crippen LogP contribution in [0.4, 0.5) is 0 Å². The van der Waals surface area contributed by atoms with Gasteiger partial charge in [-0.2, -0.15) is 5.10 Å². The predicted molar refractivity (Wildman–Crippen MR) is 109 cm³/mol. The second kappa shape index (κ2) is 8.59. The molecule has 0 saturated carbocycles. The number of nitrogens with zero attached hydrogens (tertiary/aromatic N) is 3. The third-order valence-electron chi connectivity index (χ3n) is 4.16. The summed E-state index contributed by atoms with van der Waals surface area (Å²) in [4.78, 5) is 14.3. The van der Waals surface area contributed by atoms with Crippen LogP contribution in [0.15, 0.2) is 59.2 Å². The van der Waals surface area contributed by atoms with Gasteiger partial charge in [-0.25, -0.2) is 0 Å². The van der Waals surface area contributed by atoms with Gasteiger partial charge in [0, 0.05) is 24.7 Å². The van der Waals surface area contributed by atoms with E-state index in [1.54, 1.807) is 35.0 Å². The Kier molecular flexibility index (Phi) is 6.19. The van der Waals surface area contributed by atoms with Gasteiger partial charge in [0.1, 0.15) is 12.4 Å². The van der Waals surface area contributed by atoms with Crippen molar-refractivity contribution in [1.82, 2.24) is 14.7 Å². The molecule has 0 radical (unpaired) electrons. The summed E-state index contributed by atoms with van der Waals surface area (Å²) in [6.07, 6.45) is 1.73. The molecule has 0 spiro atoms. The average Bonchev–Trinajstić information content (AvgIpc) is 2.99. The molecule has 0 fully saturated rings. The smallest absolute Gasteiger partial charge is 0.253 e. The lowest BCUT2D eigenvalue weighted by atomic mass is 10.1. The number of rotatable bonds is 6. The highest BCUT2D eigenvalue weighted by Crippen LogP contribution is 2.19. The van der Waals surface area contributed by atoms with Crippen molar-refractivity contribution in [3.8, 4) is 5.75 Å². The number of hydrogen-bond donors (Lipinski definition) is 0. The van der Waals surface area contributed by atoms with Crippen molar-refractivity contribution in [3.05, 3.63) is 81.0 Å². The Labute approximate surface area is 171 Å². The van der Waals surface area contributed by atoms with E-state index in [2.05, 4.69) is 21.0 Å². The third kappa shape index (κ3) is 4.90. The number of ether oxygens (including phenoxy) is 1. The van der Waals surface area contributed by atoms with Crippen LogP contribution in [0.5, 0.6) is 5.75 Å². The molecule has 0 unspecified atom stereocenters. The fourth-order valence-corrected chi connectivity index (χ4v) is 3.17. The first-order valence-corrected chi connectivity index (χ1v) is 9.50. The van der Waals surface area contributed by atoms with Crippen LogP contribution in [0.25, 0.3) is 0 Å². The number of amides is 1. The van der Waals surface area contributed by atoms with Gasteiger partial charge >= 0.3 is 0 Å². The zero-order valence-electron chi connectivity index (χ0n) is 15.0. The summed E-state index contributed by atoms with van der Waals surface area (Å²) in [6.45, 7) is 0.894. The summed E-state index contributed by atoms with van der Waals surface area (Å²) in [5.74, 6) is 0.703. The van der Waals surface area contributed by atoms with Gasteiger partial charge in [0.2, 0.25) is 0 Å². The molecule has 0 atom stereocenters. The molecule has 140 valence electrons. The number of carbonyl (C=O) groups is 1. The molecule has 0 aliphatic heterocycles. The first kappa shape index (κ1) is 19.5. The molecule has 0 aliphatic carbocycles. The van der Waals surface area contributed by atoms with E-state index in [-0.39, 0.29) is 5.91 Å². The molecule has 0 N–H and O–H groups in total. The van der Waals surface area contributed by atoms with E-state index in [9.17, 15) is 4.79 Å². The molecule has 2 aromatic carbocycles. The van der Waals surface area contributed by atoms with Crippen molar-refractivity contribution in [1.29, 1.82) is 0 Å². The zero-order chi connectivity index (χ0) is 19.4.